The molecule has 2 aromatic rings. The number of hydrogen-bond donors (Lipinski definition) is 1. The minimum atomic E-state index is -4.46. The number of fused-ring (bicyclic) bond motifs is 1. The highest BCUT2D eigenvalue weighted by Crippen LogP contribution is 2.34. The van der Waals surface area contributed by atoms with E-state index < -0.39 is 17.3 Å². The topological polar surface area (TPSA) is 42.2 Å². The summed E-state index contributed by atoms with van der Waals surface area (Å²) < 4.78 is 41.3. The van der Waals surface area contributed by atoms with Crippen LogP contribution in [0.1, 0.15) is 56.6 Å². The average Bonchev–Trinajstić information content (AvgIpc) is 2.89. The fourth-order valence-corrected chi connectivity index (χ4v) is 2.90. The molecular formula is C16H21F3N4. The zero-order valence-electron chi connectivity index (χ0n) is 13.5. The number of aromatic nitrogens is 3. The number of nitrogens with one attached hydrogen (secondary N) is 1. The Morgan fingerprint density at radius 1 is 1.13 bits per heavy atom. The van der Waals surface area contributed by atoms with E-state index >= 15 is 0 Å². The van der Waals surface area contributed by atoms with Crippen molar-refractivity contribution >= 4 is 5.65 Å². The molecule has 0 amide bonds. The van der Waals surface area contributed by atoms with Crippen LogP contribution in [0.3, 0.4) is 0 Å². The van der Waals surface area contributed by atoms with Gasteiger partial charge in [-0.2, -0.15) is 18.3 Å². The van der Waals surface area contributed by atoms with Crippen LogP contribution in [-0.4, -0.2) is 27.7 Å². The standard InChI is InChI=1S/C16H21F3N4/c1-15(2,3)12-9-13(16(17,18)19)23-14(21-12)8-11(22-23)10-4-6-20-7-5-10/h8-10,20H,4-7H2,1-3H3. The van der Waals surface area contributed by atoms with Gasteiger partial charge in [0.25, 0.3) is 0 Å². The number of rotatable bonds is 1. The van der Waals surface area contributed by atoms with Crippen LogP contribution in [0.15, 0.2) is 12.1 Å². The number of hydrogen-bond acceptors (Lipinski definition) is 3. The second-order valence-electron chi connectivity index (χ2n) is 7.14. The molecule has 7 heteroatoms. The van der Waals surface area contributed by atoms with Crippen LogP contribution in [0.25, 0.3) is 5.65 Å². The lowest BCUT2D eigenvalue weighted by Gasteiger charge is -2.20. The third-order valence-electron chi connectivity index (χ3n) is 4.26. The first-order chi connectivity index (χ1) is 10.7. The monoisotopic (exact) mass is 326 g/mol. The van der Waals surface area contributed by atoms with E-state index in [1.54, 1.807) is 6.07 Å². The minimum absolute atomic E-state index is 0.192. The number of piperidine rings is 1. The minimum Gasteiger partial charge on any atom is -0.317 e. The maximum atomic E-state index is 13.4. The summed E-state index contributed by atoms with van der Waals surface area (Å²) in [6, 6.07) is 2.83. The Kier molecular flexibility index (Phi) is 3.86. The first kappa shape index (κ1) is 16.2. The molecule has 1 aliphatic heterocycles. The Balaban J connectivity index is 2.15. The van der Waals surface area contributed by atoms with Crippen molar-refractivity contribution in [2.75, 3.05) is 13.1 Å². The highest BCUT2D eigenvalue weighted by atomic mass is 19.4. The molecule has 0 radical (unpaired) electrons. The molecule has 3 rings (SSSR count). The first-order valence-electron chi connectivity index (χ1n) is 7.85. The van der Waals surface area contributed by atoms with E-state index in [4.69, 9.17) is 0 Å². The summed E-state index contributed by atoms with van der Waals surface area (Å²) in [6.45, 7) is 7.30. The summed E-state index contributed by atoms with van der Waals surface area (Å²) in [5.41, 5.74) is 0.191. The van der Waals surface area contributed by atoms with Gasteiger partial charge in [-0.15, -0.1) is 0 Å². The van der Waals surface area contributed by atoms with Gasteiger partial charge in [0.2, 0.25) is 0 Å². The van der Waals surface area contributed by atoms with Crippen LogP contribution in [0.5, 0.6) is 0 Å². The van der Waals surface area contributed by atoms with Crippen LogP contribution >= 0.6 is 0 Å². The second kappa shape index (κ2) is 5.47. The predicted molar refractivity (Wildman–Crippen MR) is 81.5 cm³/mol. The van der Waals surface area contributed by atoms with E-state index in [1.807, 2.05) is 20.8 Å². The van der Waals surface area contributed by atoms with Crippen molar-refractivity contribution in [3.05, 3.63) is 29.2 Å². The molecule has 0 aromatic carbocycles. The quantitative estimate of drug-likeness (QED) is 0.872. The second-order valence-corrected chi connectivity index (χ2v) is 7.14. The van der Waals surface area contributed by atoms with Crippen LogP contribution in [0, 0.1) is 0 Å². The van der Waals surface area contributed by atoms with E-state index in [0.29, 0.717) is 11.4 Å². The zero-order chi connectivity index (χ0) is 16.8. The molecule has 1 fully saturated rings. The Hall–Kier alpha value is -1.63. The predicted octanol–water partition coefficient (Wildman–Crippen LogP) is 3.51. The van der Waals surface area contributed by atoms with Crippen molar-refractivity contribution in [2.45, 2.75) is 51.1 Å². The fourth-order valence-electron chi connectivity index (χ4n) is 2.90. The average molecular weight is 326 g/mol. The summed E-state index contributed by atoms with van der Waals surface area (Å²) in [6.07, 6.45) is -2.69. The molecule has 126 valence electrons. The van der Waals surface area contributed by atoms with Crippen molar-refractivity contribution < 1.29 is 13.2 Å². The van der Waals surface area contributed by atoms with E-state index in [9.17, 15) is 13.2 Å². The molecule has 0 bridgehead atoms. The van der Waals surface area contributed by atoms with Crippen LogP contribution < -0.4 is 5.32 Å². The Morgan fingerprint density at radius 2 is 1.78 bits per heavy atom. The van der Waals surface area contributed by atoms with E-state index in [1.165, 1.54) is 0 Å². The van der Waals surface area contributed by atoms with Gasteiger partial charge in [0, 0.05) is 17.4 Å². The molecule has 1 N–H and O–H groups in total. The lowest BCUT2D eigenvalue weighted by Crippen LogP contribution is -2.26. The van der Waals surface area contributed by atoms with Crippen molar-refractivity contribution in [2.24, 2.45) is 0 Å². The third-order valence-corrected chi connectivity index (χ3v) is 4.26. The largest absolute Gasteiger partial charge is 0.433 e. The zero-order valence-corrected chi connectivity index (χ0v) is 13.5. The van der Waals surface area contributed by atoms with Crippen molar-refractivity contribution in [3.63, 3.8) is 0 Å². The van der Waals surface area contributed by atoms with Gasteiger partial charge in [-0.3, -0.25) is 0 Å². The summed E-state index contributed by atoms with van der Waals surface area (Å²) in [5.74, 6) is 0.192. The maximum Gasteiger partial charge on any atom is 0.433 e. The van der Waals surface area contributed by atoms with Gasteiger partial charge in [0.15, 0.2) is 5.65 Å². The van der Waals surface area contributed by atoms with Gasteiger partial charge in [0.1, 0.15) is 5.69 Å². The molecule has 3 heterocycles. The molecule has 0 atom stereocenters. The van der Waals surface area contributed by atoms with Crippen LogP contribution in [0.4, 0.5) is 13.2 Å². The van der Waals surface area contributed by atoms with Crippen LogP contribution in [-0.2, 0) is 11.6 Å². The molecule has 0 aliphatic carbocycles. The highest BCUT2D eigenvalue weighted by Gasteiger charge is 2.36. The normalized spacial score (nSPS) is 17.8. The van der Waals surface area contributed by atoms with Gasteiger partial charge in [0.05, 0.1) is 11.4 Å². The lowest BCUT2D eigenvalue weighted by atomic mass is 9.91. The lowest BCUT2D eigenvalue weighted by molar-refractivity contribution is -0.142. The van der Waals surface area contributed by atoms with Crippen molar-refractivity contribution in [1.29, 1.82) is 0 Å². The smallest absolute Gasteiger partial charge is 0.317 e. The summed E-state index contributed by atoms with van der Waals surface area (Å²) in [7, 11) is 0. The number of nitrogens with zero attached hydrogens (tertiary/aromatic N) is 3. The van der Waals surface area contributed by atoms with Gasteiger partial charge < -0.3 is 5.32 Å². The molecule has 0 unspecified atom stereocenters. The molecular weight excluding hydrogens is 305 g/mol. The van der Waals surface area contributed by atoms with Crippen molar-refractivity contribution in [1.82, 2.24) is 19.9 Å². The van der Waals surface area contributed by atoms with Crippen LogP contribution in [0.2, 0.25) is 0 Å². The number of alkyl halides is 3. The Morgan fingerprint density at radius 3 is 2.35 bits per heavy atom. The highest BCUT2D eigenvalue weighted by molar-refractivity contribution is 5.44. The third kappa shape index (κ3) is 3.20. The van der Waals surface area contributed by atoms with Crippen molar-refractivity contribution in [3.8, 4) is 0 Å². The molecule has 1 aliphatic rings. The van der Waals surface area contributed by atoms with E-state index in [0.717, 1.165) is 36.5 Å². The molecule has 0 saturated carbocycles. The van der Waals surface area contributed by atoms with E-state index in [-0.39, 0.29) is 11.6 Å². The van der Waals surface area contributed by atoms with Gasteiger partial charge in [-0.05, 0) is 32.0 Å². The fraction of sp³-hybridized carbons (Fsp3) is 0.625. The molecule has 0 spiro atoms. The summed E-state index contributed by atoms with van der Waals surface area (Å²) in [5, 5.41) is 7.49. The Labute approximate surface area is 133 Å². The Bertz CT molecular complexity index is 706. The SMILES string of the molecule is CC(C)(C)c1cc(C(F)(F)F)n2nc(C3CCNCC3)cc2n1. The number of halogens is 3. The first-order valence-corrected chi connectivity index (χ1v) is 7.85. The van der Waals surface area contributed by atoms with Gasteiger partial charge >= 0.3 is 6.18 Å². The van der Waals surface area contributed by atoms with Gasteiger partial charge in [-0.25, -0.2) is 9.50 Å². The molecule has 23 heavy (non-hydrogen) atoms. The summed E-state index contributed by atoms with van der Waals surface area (Å²) in [4.78, 5) is 4.42. The maximum absolute atomic E-state index is 13.4. The molecule has 2 aromatic heterocycles. The molecule has 1 saturated heterocycles. The molecule has 4 nitrogen and oxygen atoms in total. The van der Waals surface area contributed by atoms with E-state index in [2.05, 4.69) is 15.4 Å². The van der Waals surface area contributed by atoms with Gasteiger partial charge in [-0.1, -0.05) is 20.8 Å². The summed E-state index contributed by atoms with van der Waals surface area (Å²) >= 11 is 0.